The third-order valence-corrected chi connectivity index (χ3v) is 3.18. The molecule has 18 heavy (non-hydrogen) atoms. The van der Waals surface area contributed by atoms with Crippen LogP contribution in [0.5, 0.6) is 0 Å². The number of nitrogens with one attached hydrogen (secondary N) is 1. The summed E-state index contributed by atoms with van der Waals surface area (Å²) in [4.78, 5) is 23.1. The minimum atomic E-state index is -0.636. The summed E-state index contributed by atoms with van der Waals surface area (Å²) in [6.45, 7) is 3.52. The molecule has 0 spiro atoms. The van der Waals surface area contributed by atoms with Crippen LogP contribution in [0.15, 0.2) is 24.3 Å². The number of carbonyl (C=O) groups is 2. The lowest BCUT2D eigenvalue weighted by Crippen LogP contribution is -2.32. The minimum Gasteiger partial charge on any atom is -0.465 e. The maximum absolute atomic E-state index is 11.9. The second-order valence-corrected chi connectivity index (χ2v) is 4.81. The van der Waals surface area contributed by atoms with Gasteiger partial charge in [-0.05, 0) is 38.1 Å². The average Bonchev–Trinajstić information content (AvgIpc) is 2.38. The topological polar surface area (TPSA) is 55.4 Å². The average molecular weight is 270 g/mol. The van der Waals surface area contributed by atoms with Crippen LogP contribution in [-0.2, 0) is 9.53 Å². The summed E-state index contributed by atoms with van der Waals surface area (Å²) in [6.07, 6.45) is 0. The van der Waals surface area contributed by atoms with E-state index in [1.807, 2.05) is 0 Å². The van der Waals surface area contributed by atoms with Gasteiger partial charge in [-0.1, -0.05) is 0 Å². The van der Waals surface area contributed by atoms with Gasteiger partial charge in [0.25, 0.3) is 0 Å². The van der Waals surface area contributed by atoms with Gasteiger partial charge in [0, 0.05) is 11.6 Å². The SMILES string of the molecule is COC(=O)c1ccc(NC(=O)C(C)(C)CCl)cc1. The van der Waals surface area contributed by atoms with Crippen molar-refractivity contribution in [3.8, 4) is 0 Å². The molecule has 1 aromatic carbocycles. The van der Waals surface area contributed by atoms with Crippen LogP contribution in [0, 0.1) is 5.41 Å². The summed E-state index contributed by atoms with van der Waals surface area (Å²) in [5.41, 5.74) is 0.417. The first-order valence-electron chi connectivity index (χ1n) is 5.46. The monoisotopic (exact) mass is 269 g/mol. The summed E-state index contributed by atoms with van der Waals surface area (Å²) in [5.74, 6) is -0.337. The van der Waals surface area contributed by atoms with Gasteiger partial charge in [-0.3, -0.25) is 4.79 Å². The van der Waals surface area contributed by atoms with Crippen molar-refractivity contribution in [1.82, 2.24) is 0 Å². The Morgan fingerprint density at radius 2 is 1.83 bits per heavy atom. The summed E-state index contributed by atoms with van der Waals surface area (Å²) in [6, 6.07) is 6.48. The van der Waals surface area contributed by atoms with Crippen molar-refractivity contribution < 1.29 is 14.3 Å². The van der Waals surface area contributed by atoms with Gasteiger partial charge in [0.15, 0.2) is 0 Å². The molecule has 1 rings (SSSR count). The zero-order chi connectivity index (χ0) is 13.8. The lowest BCUT2D eigenvalue weighted by Gasteiger charge is -2.20. The minimum absolute atomic E-state index is 0.164. The van der Waals surface area contributed by atoms with E-state index in [-0.39, 0.29) is 11.8 Å². The zero-order valence-corrected chi connectivity index (χ0v) is 11.4. The summed E-state index contributed by atoms with van der Waals surface area (Å²) >= 11 is 5.72. The van der Waals surface area contributed by atoms with Crippen LogP contribution in [-0.4, -0.2) is 24.9 Å². The van der Waals surface area contributed by atoms with Crippen LogP contribution in [0.3, 0.4) is 0 Å². The van der Waals surface area contributed by atoms with E-state index in [0.717, 1.165) is 0 Å². The fourth-order valence-corrected chi connectivity index (χ4v) is 1.29. The van der Waals surface area contributed by atoms with Gasteiger partial charge in [-0.15, -0.1) is 11.6 Å². The molecular weight excluding hydrogens is 254 g/mol. The molecule has 1 aromatic rings. The van der Waals surface area contributed by atoms with E-state index in [0.29, 0.717) is 11.3 Å². The molecule has 0 atom stereocenters. The predicted molar refractivity (Wildman–Crippen MR) is 70.9 cm³/mol. The fraction of sp³-hybridized carbons (Fsp3) is 0.385. The Balaban J connectivity index is 2.76. The number of rotatable bonds is 4. The van der Waals surface area contributed by atoms with Crippen molar-refractivity contribution >= 4 is 29.2 Å². The third kappa shape index (κ3) is 3.47. The molecule has 0 fully saturated rings. The highest BCUT2D eigenvalue weighted by Gasteiger charge is 2.26. The van der Waals surface area contributed by atoms with Gasteiger partial charge in [-0.2, -0.15) is 0 Å². The Morgan fingerprint density at radius 1 is 1.28 bits per heavy atom. The van der Waals surface area contributed by atoms with E-state index in [2.05, 4.69) is 10.1 Å². The molecule has 0 aliphatic carbocycles. The van der Waals surface area contributed by atoms with E-state index in [1.54, 1.807) is 38.1 Å². The first kappa shape index (κ1) is 14.5. The van der Waals surface area contributed by atoms with Crippen molar-refractivity contribution in [1.29, 1.82) is 0 Å². The van der Waals surface area contributed by atoms with E-state index >= 15 is 0 Å². The van der Waals surface area contributed by atoms with Crippen molar-refractivity contribution in [3.05, 3.63) is 29.8 Å². The lowest BCUT2D eigenvalue weighted by molar-refractivity contribution is -0.122. The molecule has 0 unspecified atom stereocenters. The van der Waals surface area contributed by atoms with E-state index < -0.39 is 11.4 Å². The summed E-state index contributed by atoms with van der Waals surface area (Å²) in [5, 5.41) is 2.74. The van der Waals surface area contributed by atoms with Crippen LogP contribution < -0.4 is 5.32 Å². The largest absolute Gasteiger partial charge is 0.465 e. The number of hydrogen-bond acceptors (Lipinski definition) is 3. The number of carbonyl (C=O) groups excluding carboxylic acids is 2. The van der Waals surface area contributed by atoms with Crippen molar-refractivity contribution in [2.75, 3.05) is 18.3 Å². The van der Waals surface area contributed by atoms with E-state index in [4.69, 9.17) is 11.6 Å². The van der Waals surface area contributed by atoms with Gasteiger partial charge in [0.2, 0.25) is 5.91 Å². The number of amides is 1. The van der Waals surface area contributed by atoms with Crippen LogP contribution in [0.25, 0.3) is 0 Å². The molecular formula is C13H16ClNO3. The Bertz CT molecular complexity index is 440. The number of esters is 1. The van der Waals surface area contributed by atoms with E-state index in [1.165, 1.54) is 7.11 Å². The molecule has 0 aliphatic heterocycles. The highest BCUT2D eigenvalue weighted by atomic mass is 35.5. The Morgan fingerprint density at radius 3 is 2.28 bits per heavy atom. The van der Waals surface area contributed by atoms with Gasteiger partial charge in [-0.25, -0.2) is 4.79 Å². The summed E-state index contributed by atoms with van der Waals surface area (Å²) < 4.78 is 4.59. The Labute approximate surface area is 111 Å². The standard InChI is InChI=1S/C13H16ClNO3/c1-13(2,8-14)12(17)15-10-6-4-9(5-7-10)11(16)18-3/h4-7H,8H2,1-3H3,(H,15,17). The first-order valence-corrected chi connectivity index (χ1v) is 6.00. The maximum atomic E-state index is 11.9. The van der Waals surface area contributed by atoms with Crippen LogP contribution in [0.4, 0.5) is 5.69 Å². The third-order valence-electron chi connectivity index (χ3n) is 2.51. The molecule has 0 radical (unpaired) electrons. The molecule has 1 N–H and O–H groups in total. The van der Waals surface area contributed by atoms with Gasteiger partial charge < -0.3 is 10.1 Å². The predicted octanol–water partition coefficient (Wildman–Crippen LogP) is 2.68. The first-order chi connectivity index (χ1) is 8.40. The second-order valence-electron chi connectivity index (χ2n) is 4.54. The van der Waals surface area contributed by atoms with Gasteiger partial charge >= 0.3 is 5.97 Å². The highest BCUT2D eigenvalue weighted by Crippen LogP contribution is 2.20. The van der Waals surface area contributed by atoms with Crippen molar-refractivity contribution in [2.45, 2.75) is 13.8 Å². The van der Waals surface area contributed by atoms with Crippen molar-refractivity contribution in [3.63, 3.8) is 0 Å². The smallest absolute Gasteiger partial charge is 0.337 e. The molecule has 0 saturated carbocycles. The number of ether oxygens (including phenoxy) is 1. The Kier molecular flexibility index (Phi) is 4.73. The van der Waals surface area contributed by atoms with Crippen molar-refractivity contribution in [2.24, 2.45) is 5.41 Å². The van der Waals surface area contributed by atoms with E-state index in [9.17, 15) is 9.59 Å². The summed E-state index contributed by atoms with van der Waals surface area (Å²) in [7, 11) is 1.32. The molecule has 0 aromatic heterocycles. The van der Waals surface area contributed by atoms with Gasteiger partial charge in [0.1, 0.15) is 0 Å². The number of hydrogen-bond donors (Lipinski definition) is 1. The van der Waals surface area contributed by atoms with Crippen LogP contribution >= 0.6 is 11.6 Å². The lowest BCUT2D eigenvalue weighted by atomic mass is 9.95. The number of alkyl halides is 1. The number of halogens is 1. The van der Waals surface area contributed by atoms with Crippen LogP contribution in [0.2, 0.25) is 0 Å². The molecule has 0 saturated heterocycles. The number of benzene rings is 1. The zero-order valence-electron chi connectivity index (χ0n) is 10.6. The van der Waals surface area contributed by atoms with Gasteiger partial charge in [0.05, 0.1) is 18.1 Å². The molecule has 0 heterocycles. The molecule has 4 nitrogen and oxygen atoms in total. The highest BCUT2D eigenvalue weighted by molar-refractivity contribution is 6.20. The Hall–Kier alpha value is -1.55. The molecule has 1 amide bonds. The molecule has 98 valence electrons. The molecule has 0 aliphatic rings. The number of methoxy groups -OCH3 is 1. The molecule has 5 heteroatoms. The fourth-order valence-electron chi connectivity index (χ4n) is 1.17. The normalized spacial score (nSPS) is 10.9. The molecule has 0 bridgehead atoms. The van der Waals surface area contributed by atoms with Crippen LogP contribution in [0.1, 0.15) is 24.2 Å². The maximum Gasteiger partial charge on any atom is 0.337 e. The second kappa shape index (κ2) is 5.87. The quantitative estimate of drug-likeness (QED) is 0.675. The number of anilines is 1.